The highest BCUT2D eigenvalue weighted by molar-refractivity contribution is 9.11. The minimum absolute atomic E-state index is 0.621. The van der Waals surface area contributed by atoms with Gasteiger partial charge in [0.1, 0.15) is 0 Å². The Kier molecular flexibility index (Phi) is 1.47. The first kappa shape index (κ1) is 8.35. The average Bonchev–Trinajstić information content (AvgIpc) is 2.27. The van der Waals surface area contributed by atoms with Crippen molar-refractivity contribution in [3.8, 4) is 0 Å². The van der Waals surface area contributed by atoms with Gasteiger partial charge < -0.3 is 0 Å². The standard InChI is InChI=1S/C14H11Br/c15-13-7-12-10-5-6-11(14(12)13)9-4-2-1-3-8(9)10/h1-7,10-12,14H. The summed E-state index contributed by atoms with van der Waals surface area (Å²) in [5, 5.41) is 0. The maximum atomic E-state index is 3.68. The number of hydrogen-bond donors (Lipinski definition) is 0. The molecule has 4 aliphatic carbocycles. The van der Waals surface area contributed by atoms with Gasteiger partial charge >= 0.3 is 0 Å². The molecule has 74 valence electrons. The first-order valence-corrected chi connectivity index (χ1v) is 6.30. The Morgan fingerprint density at radius 1 is 0.933 bits per heavy atom. The molecule has 0 fully saturated rings. The van der Waals surface area contributed by atoms with E-state index in [2.05, 4.69) is 58.4 Å². The normalized spacial score (nSPS) is 39.1. The van der Waals surface area contributed by atoms with Crippen LogP contribution in [0.3, 0.4) is 0 Å². The van der Waals surface area contributed by atoms with E-state index in [9.17, 15) is 0 Å². The van der Waals surface area contributed by atoms with Crippen LogP contribution >= 0.6 is 15.9 Å². The zero-order chi connectivity index (χ0) is 9.99. The third kappa shape index (κ3) is 0.884. The summed E-state index contributed by atoms with van der Waals surface area (Å²) in [6.45, 7) is 0. The van der Waals surface area contributed by atoms with Gasteiger partial charge in [0.05, 0.1) is 0 Å². The second-order valence-electron chi connectivity index (χ2n) is 4.72. The van der Waals surface area contributed by atoms with Crippen LogP contribution < -0.4 is 0 Å². The second-order valence-corrected chi connectivity index (χ2v) is 5.64. The van der Waals surface area contributed by atoms with Gasteiger partial charge in [-0.3, -0.25) is 0 Å². The summed E-state index contributed by atoms with van der Waals surface area (Å²) in [7, 11) is 0. The molecule has 5 rings (SSSR count). The zero-order valence-corrected chi connectivity index (χ0v) is 9.81. The van der Waals surface area contributed by atoms with Crippen molar-refractivity contribution in [2.75, 3.05) is 0 Å². The highest BCUT2D eigenvalue weighted by atomic mass is 79.9. The minimum Gasteiger partial charge on any atom is -0.0797 e. The summed E-state index contributed by atoms with van der Waals surface area (Å²) in [6.07, 6.45) is 7.20. The van der Waals surface area contributed by atoms with E-state index in [1.165, 1.54) is 4.48 Å². The Morgan fingerprint density at radius 3 is 2.33 bits per heavy atom. The summed E-state index contributed by atoms with van der Waals surface area (Å²) in [6, 6.07) is 8.93. The Labute approximate surface area is 97.8 Å². The van der Waals surface area contributed by atoms with E-state index in [0.717, 1.165) is 11.8 Å². The van der Waals surface area contributed by atoms with Crippen molar-refractivity contribution in [1.82, 2.24) is 0 Å². The topological polar surface area (TPSA) is 0 Å². The number of benzene rings is 1. The molecule has 0 heterocycles. The van der Waals surface area contributed by atoms with Gasteiger partial charge in [-0.05, 0) is 21.5 Å². The van der Waals surface area contributed by atoms with Crippen LogP contribution in [0, 0.1) is 11.8 Å². The van der Waals surface area contributed by atoms with Crippen molar-refractivity contribution in [3.63, 3.8) is 0 Å². The van der Waals surface area contributed by atoms with E-state index in [1.54, 1.807) is 11.1 Å². The second kappa shape index (κ2) is 2.65. The van der Waals surface area contributed by atoms with Gasteiger partial charge in [0, 0.05) is 17.8 Å². The van der Waals surface area contributed by atoms with E-state index in [4.69, 9.17) is 0 Å². The third-order valence-electron chi connectivity index (χ3n) is 4.13. The van der Waals surface area contributed by atoms with Gasteiger partial charge in [0.25, 0.3) is 0 Å². The highest BCUT2D eigenvalue weighted by Crippen LogP contribution is 2.60. The first-order chi connectivity index (χ1) is 7.36. The molecular weight excluding hydrogens is 248 g/mol. The smallest absolute Gasteiger partial charge is 0.0101 e. The molecule has 0 N–H and O–H groups in total. The molecule has 2 bridgehead atoms. The average molecular weight is 259 g/mol. The van der Waals surface area contributed by atoms with Crippen LogP contribution in [0.4, 0.5) is 0 Å². The summed E-state index contributed by atoms with van der Waals surface area (Å²) in [5.41, 5.74) is 3.11. The number of hydrogen-bond acceptors (Lipinski definition) is 0. The quantitative estimate of drug-likeness (QED) is 0.618. The highest BCUT2D eigenvalue weighted by Gasteiger charge is 2.48. The fourth-order valence-electron chi connectivity index (χ4n) is 3.42. The fourth-order valence-corrected chi connectivity index (χ4v) is 4.31. The number of halogens is 1. The van der Waals surface area contributed by atoms with Gasteiger partial charge in [-0.25, -0.2) is 0 Å². The molecule has 0 radical (unpaired) electrons. The SMILES string of the molecule is BrC1=CC2C3C=CC(c4ccccc43)C12. The summed E-state index contributed by atoms with van der Waals surface area (Å²) in [4.78, 5) is 0. The lowest BCUT2D eigenvalue weighted by atomic mass is 9.55. The molecule has 4 atom stereocenters. The van der Waals surface area contributed by atoms with Gasteiger partial charge in [-0.1, -0.05) is 58.4 Å². The lowest BCUT2D eigenvalue weighted by Gasteiger charge is -2.50. The van der Waals surface area contributed by atoms with Gasteiger partial charge in [-0.2, -0.15) is 0 Å². The van der Waals surface area contributed by atoms with Crippen molar-refractivity contribution in [2.45, 2.75) is 11.8 Å². The van der Waals surface area contributed by atoms with Crippen molar-refractivity contribution < 1.29 is 0 Å². The van der Waals surface area contributed by atoms with E-state index in [-0.39, 0.29) is 0 Å². The molecule has 0 amide bonds. The number of allylic oxidation sites excluding steroid dienone is 4. The first-order valence-electron chi connectivity index (χ1n) is 5.50. The molecule has 0 saturated heterocycles. The lowest BCUT2D eigenvalue weighted by Crippen LogP contribution is -2.39. The molecule has 1 heteroatoms. The molecule has 0 aromatic heterocycles. The van der Waals surface area contributed by atoms with Gasteiger partial charge in [-0.15, -0.1) is 0 Å². The maximum absolute atomic E-state index is 3.68. The van der Waals surface area contributed by atoms with Crippen molar-refractivity contribution in [1.29, 1.82) is 0 Å². The molecule has 4 unspecified atom stereocenters. The van der Waals surface area contributed by atoms with Crippen LogP contribution in [0.25, 0.3) is 0 Å². The molecule has 0 nitrogen and oxygen atoms in total. The molecule has 0 saturated carbocycles. The van der Waals surface area contributed by atoms with Crippen LogP contribution in [0.2, 0.25) is 0 Å². The van der Waals surface area contributed by atoms with Crippen LogP contribution in [-0.4, -0.2) is 0 Å². The predicted octanol–water partition coefficient (Wildman–Crippen LogP) is 3.96. The van der Waals surface area contributed by atoms with Crippen LogP contribution in [0.1, 0.15) is 23.0 Å². The van der Waals surface area contributed by atoms with E-state index >= 15 is 0 Å². The third-order valence-corrected chi connectivity index (χ3v) is 4.92. The van der Waals surface area contributed by atoms with Crippen molar-refractivity contribution in [3.05, 3.63) is 58.1 Å². The minimum atomic E-state index is 0.621. The molecule has 0 aliphatic heterocycles. The Bertz CT molecular complexity index is 498. The molecule has 1 aromatic rings. The Balaban J connectivity index is 1.96. The Morgan fingerprint density at radius 2 is 1.60 bits per heavy atom. The largest absolute Gasteiger partial charge is 0.0797 e. The van der Waals surface area contributed by atoms with E-state index < -0.39 is 0 Å². The van der Waals surface area contributed by atoms with Crippen LogP contribution in [0.15, 0.2) is 47.0 Å². The molecule has 4 aliphatic rings. The fraction of sp³-hybridized carbons (Fsp3) is 0.286. The molecule has 0 spiro atoms. The maximum Gasteiger partial charge on any atom is 0.0101 e. The van der Waals surface area contributed by atoms with Crippen LogP contribution in [-0.2, 0) is 0 Å². The molecular formula is C14H11Br. The summed E-state index contributed by atoms with van der Waals surface area (Å²) < 4.78 is 1.42. The molecule has 1 aromatic carbocycles. The predicted molar refractivity (Wildman–Crippen MR) is 65.1 cm³/mol. The van der Waals surface area contributed by atoms with Crippen molar-refractivity contribution in [2.24, 2.45) is 11.8 Å². The molecule has 15 heavy (non-hydrogen) atoms. The summed E-state index contributed by atoms with van der Waals surface area (Å²) >= 11 is 3.68. The van der Waals surface area contributed by atoms with Gasteiger partial charge in [0.2, 0.25) is 0 Å². The Hall–Kier alpha value is -0.820. The monoisotopic (exact) mass is 258 g/mol. The van der Waals surface area contributed by atoms with Crippen LogP contribution in [0.5, 0.6) is 0 Å². The number of rotatable bonds is 0. The lowest BCUT2D eigenvalue weighted by molar-refractivity contribution is 0.312. The van der Waals surface area contributed by atoms with Crippen molar-refractivity contribution >= 4 is 15.9 Å². The van der Waals surface area contributed by atoms with E-state index in [0.29, 0.717) is 11.8 Å². The zero-order valence-electron chi connectivity index (χ0n) is 8.23. The van der Waals surface area contributed by atoms with Gasteiger partial charge in [0.15, 0.2) is 0 Å². The van der Waals surface area contributed by atoms with E-state index in [1.807, 2.05) is 0 Å². The summed E-state index contributed by atoms with van der Waals surface area (Å²) in [5.74, 6) is 2.74.